The third-order valence-corrected chi connectivity index (χ3v) is 7.56. The minimum Gasteiger partial charge on any atom is -0.493 e. The van der Waals surface area contributed by atoms with Crippen molar-refractivity contribution in [3.05, 3.63) is 46.3 Å². The number of benzene rings is 1. The molecule has 1 aromatic carbocycles. The summed E-state index contributed by atoms with van der Waals surface area (Å²) in [6.07, 6.45) is -0.449. The number of methoxy groups -OCH3 is 1. The van der Waals surface area contributed by atoms with E-state index in [1.54, 1.807) is 13.0 Å². The molecule has 0 saturated carbocycles. The lowest BCUT2D eigenvalue weighted by atomic mass is 9.97. The van der Waals surface area contributed by atoms with Crippen molar-refractivity contribution in [2.24, 2.45) is 15.9 Å². The second-order valence-electron chi connectivity index (χ2n) is 8.56. The zero-order valence-corrected chi connectivity index (χ0v) is 21.5. The third-order valence-electron chi connectivity index (χ3n) is 6.11. The predicted octanol–water partition coefficient (Wildman–Crippen LogP) is 3.34. The third kappa shape index (κ3) is 6.11. The van der Waals surface area contributed by atoms with Gasteiger partial charge in [0.2, 0.25) is 0 Å². The van der Waals surface area contributed by atoms with Gasteiger partial charge in [-0.2, -0.15) is 13.2 Å². The summed E-state index contributed by atoms with van der Waals surface area (Å²) in [6, 6.07) is 1.73. The summed E-state index contributed by atoms with van der Waals surface area (Å²) in [5.41, 5.74) is -0.832. The Labute approximate surface area is 219 Å². The van der Waals surface area contributed by atoms with E-state index in [0.717, 1.165) is 19.2 Å². The van der Waals surface area contributed by atoms with Crippen molar-refractivity contribution in [1.82, 2.24) is 14.3 Å². The lowest BCUT2D eigenvalue weighted by molar-refractivity contribution is -0.149. The number of nitrogens with zero attached hydrogens (tertiary/aromatic N) is 3. The first-order valence-electron chi connectivity index (χ1n) is 11.8. The molecule has 1 fully saturated rings. The Bertz CT molecular complexity index is 1220. The van der Waals surface area contributed by atoms with Crippen molar-refractivity contribution < 1.29 is 36.6 Å². The second kappa shape index (κ2) is 11.5. The minimum atomic E-state index is -4.80. The fraction of sp³-hybridized carbons (Fsp3) is 0.417. The van der Waals surface area contributed by atoms with Crippen molar-refractivity contribution in [3.63, 3.8) is 0 Å². The Morgan fingerprint density at radius 2 is 1.97 bits per heavy atom. The molecule has 1 saturated heterocycles. The van der Waals surface area contributed by atoms with Crippen LogP contribution in [0.4, 0.5) is 17.6 Å². The number of hydrogen-bond donors (Lipinski definition) is 3. The number of ether oxygens (including phenoxy) is 2. The normalized spacial score (nSPS) is 20.7. The molecule has 0 bridgehead atoms. The number of alkyl halides is 3. The Balaban J connectivity index is 1.33. The van der Waals surface area contributed by atoms with E-state index in [1.165, 1.54) is 11.6 Å². The maximum Gasteiger partial charge on any atom is 0.420 e. The highest BCUT2D eigenvalue weighted by Gasteiger charge is 2.37. The number of piperidine rings is 1. The van der Waals surface area contributed by atoms with Crippen LogP contribution in [-0.4, -0.2) is 62.2 Å². The average molecular weight is 558 g/mol. The van der Waals surface area contributed by atoms with Crippen LogP contribution in [0.3, 0.4) is 0 Å². The lowest BCUT2D eigenvalue weighted by Crippen LogP contribution is -2.41. The summed E-state index contributed by atoms with van der Waals surface area (Å²) < 4.78 is 69.4. The molecular weight excluding hydrogens is 530 g/mol. The maximum atomic E-state index is 14.2. The molecule has 9 nitrogen and oxygen atoms in total. The standard InChI is InChI=1S/C24H27F4N5O4S/c1-3-37-23(35)14-5-8-33(9-6-14)20-12-30-18(4-7-29-20)22(34)32-38-13-19(31-38)15-10-16(24(26,27)28)21(36-2)17(25)11-15/h4,10-14,31,38H,3,5-9H2,1-2H3,(H,32,34). The van der Waals surface area contributed by atoms with Crippen LogP contribution in [0.25, 0.3) is 5.70 Å². The number of nitrogens with one attached hydrogen (secondary N) is 2. The molecule has 1 amide bonds. The van der Waals surface area contributed by atoms with Gasteiger partial charge in [-0.3, -0.25) is 19.3 Å². The maximum absolute atomic E-state index is 14.2. The highest BCUT2D eigenvalue weighted by Crippen LogP contribution is 2.42. The topological polar surface area (TPSA) is 105 Å². The highest BCUT2D eigenvalue weighted by atomic mass is 32.2. The molecule has 3 aliphatic rings. The quantitative estimate of drug-likeness (QED) is 0.282. The number of rotatable bonds is 6. The fourth-order valence-electron chi connectivity index (χ4n) is 4.17. The number of likely N-dealkylation sites (tertiary alicyclic amines) is 1. The molecule has 0 aromatic heterocycles. The van der Waals surface area contributed by atoms with Crippen LogP contribution in [0.5, 0.6) is 5.75 Å². The highest BCUT2D eigenvalue weighted by molar-refractivity contribution is 8.18. The van der Waals surface area contributed by atoms with Crippen LogP contribution in [0.2, 0.25) is 0 Å². The van der Waals surface area contributed by atoms with E-state index in [2.05, 4.69) is 24.2 Å². The molecular formula is C24H27F4N5O4S. The zero-order chi connectivity index (χ0) is 27.4. The zero-order valence-electron chi connectivity index (χ0n) is 20.6. The summed E-state index contributed by atoms with van der Waals surface area (Å²) in [5, 5.41) is 1.53. The van der Waals surface area contributed by atoms with Gasteiger partial charge in [0.05, 0.1) is 38.1 Å². The smallest absolute Gasteiger partial charge is 0.420 e. The van der Waals surface area contributed by atoms with E-state index in [0.29, 0.717) is 38.4 Å². The molecule has 3 aliphatic heterocycles. The Hall–Kier alpha value is -3.55. The molecule has 38 heavy (non-hydrogen) atoms. The van der Waals surface area contributed by atoms with Gasteiger partial charge >= 0.3 is 12.1 Å². The monoisotopic (exact) mass is 557 g/mol. The first kappa shape index (κ1) is 27.5. The number of hydrogen-bond acceptors (Lipinski definition) is 8. The largest absolute Gasteiger partial charge is 0.493 e. The van der Waals surface area contributed by atoms with Gasteiger partial charge in [-0.05, 0) is 38.0 Å². The molecule has 4 rings (SSSR count). The van der Waals surface area contributed by atoms with Crippen molar-refractivity contribution in [2.75, 3.05) is 33.4 Å². The Morgan fingerprint density at radius 1 is 1.26 bits per heavy atom. The van der Waals surface area contributed by atoms with Crippen LogP contribution in [0, 0.1) is 11.7 Å². The van der Waals surface area contributed by atoms with Crippen molar-refractivity contribution in [3.8, 4) is 5.75 Å². The van der Waals surface area contributed by atoms with Crippen LogP contribution in [0.15, 0.2) is 39.3 Å². The molecule has 3 heterocycles. The molecule has 0 aliphatic carbocycles. The number of carbonyl (C=O) groups excluding carboxylic acids is 2. The van der Waals surface area contributed by atoms with Gasteiger partial charge in [-0.15, -0.1) is 0 Å². The van der Waals surface area contributed by atoms with E-state index >= 15 is 0 Å². The summed E-state index contributed by atoms with van der Waals surface area (Å²) in [7, 11) is 0.968. The van der Waals surface area contributed by atoms with Gasteiger partial charge in [0.25, 0.3) is 5.91 Å². The van der Waals surface area contributed by atoms with Crippen molar-refractivity contribution in [1.29, 1.82) is 0 Å². The Kier molecular flexibility index (Phi) is 8.29. The van der Waals surface area contributed by atoms with Gasteiger partial charge in [-0.1, -0.05) is 11.3 Å². The number of esters is 1. The SMILES string of the molecule is CCOC(=O)C1CCN(C2=NCC=C(C(=O)N[SH]3C=C(c4cc(F)c(OC)c(C(F)(F)F)c4)N3)N=C2)CC1. The van der Waals surface area contributed by atoms with E-state index in [4.69, 9.17) is 4.74 Å². The van der Waals surface area contributed by atoms with E-state index < -0.39 is 40.5 Å². The van der Waals surface area contributed by atoms with Gasteiger partial charge in [0.15, 0.2) is 11.6 Å². The van der Waals surface area contributed by atoms with E-state index in [9.17, 15) is 27.2 Å². The molecule has 1 atom stereocenters. The first-order valence-corrected chi connectivity index (χ1v) is 13.3. The van der Waals surface area contributed by atoms with E-state index in [1.807, 2.05) is 4.90 Å². The summed E-state index contributed by atoms with van der Waals surface area (Å²) in [4.78, 5) is 35.4. The number of thiol groups is 1. The molecule has 2 N–H and O–H groups in total. The molecule has 1 unspecified atom stereocenters. The predicted molar refractivity (Wildman–Crippen MR) is 136 cm³/mol. The number of carbonyl (C=O) groups is 2. The van der Waals surface area contributed by atoms with E-state index in [-0.39, 0.29) is 35.4 Å². The van der Waals surface area contributed by atoms with Gasteiger partial charge in [0, 0.05) is 24.1 Å². The lowest BCUT2D eigenvalue weighted by Gasteiger charge is -2.33. The summed E-state index contributed by atoms with van der Waals surface area (Å²) in [6.45, 7) is 3.58. The number of aliphatic imine (C=N–C) groups is 2. The fourth-order valence-corrected chi connectivity index (χ4v) is 5.41. The van der Waals surface area contributed by atoms with Gasteiger partial charge < -0.3 is 19.1 Å². The molecule has 0 spiro atoms. The number of amidine groups is 1. The summed E-state index contributed by atoms with van der Waals surface area (Å²) in [5.74, 6) is -2.21. The van der Waals surface area contributed by atoms with Gasteiger partial charge in [-0.25, -0.2) is 9.38 Å². The average Bonchev–Trinajstić information content (AvgIpc) is 3.11. The number of amides is 1. The van der Waals surface area contributed by atoms with Crippen molar-refractivity contribution >= 4 is 40.9 Å². The summed E-state index contributed by atoms with van der Waals surface area (Å²) >= 11 is -1.38. The van der Waals surface area contributed by atoms with Crippen molar-refractivity contribution in [2.45, 2.75) is 25.9 Å². The molecule has 206 valence electrons. The van der Waals surface area contributed by atoms with Crippen LogP contribution in [-0.2, 0) is 20.5 Å². The molecule has 1 aromatic rings. The van der Waals surface area contributed by atoms with Gasteiger partial charge in [0.1, 0.15) is 17.1 Å². The van der Waals surface area contributed by atoms with Crippen LogP contribution >= 0.6 is 11.3 Å². The Morgan fingerprint density at radius 3 is 2.61 bits per heavy atom. The number of halogens is 4. The second-order valence-corrected chi connectivity index (χ2v) is 10.0. The minimum absolute atomic E-state index is 0.0138. The first-order chi connectivity index (χ1) is 18.1. The molecule has 14 heteroatoms. The molecule has 0 radical (unpaired) electrons. The van der Waals surface area contributed by atoms with Crippen LogP contribution in [0.1, 0.15) is 30.9 Å². The van der Waals surface area contributed by atoms with Crippen LogP contribution < -0.4 is 14.2 Å².